The number of aryl methyl sites for hydroxylation is 1. The number of nitrogens with zero attached hydrogens (tertiary/aromatic N) is 2. The molecule has 0 saturated heterocycles. The van der Waals surface area contributed by atoms with E-state index in [1.807, 2.05) is 0 Å². The van der Waals surface area contributed by atoms with Crippen LogP contribution < -0.4 is 21.3 Å². The Kier molecular flexibility index (Phi) is 6.43. The Balaban J connectivity index is 1.15. The third-order valence-corrected chi connectivity index (χ3v) is 16.4. The normalized spacial score (nSPS) is 28.1. The Morgan fingerprint density at radius 1 is 0.589 bits per heavy atom. The summed E-state index contributed by atoms with van der Waals surface area (Å²) in [5, 5.41) is 2.79. The molecular weight excluding hydrogens is 675 g/mol. The summed E-state index contributed by atoms with van der Waals surface area (Å²) in [6.07, 6.45) is 8.34. The Hall–Kier alpha value is -4.24. The van der Waals surface area contributed by atoms with E-state index in [0.29, 0.717) is 22.7 Å². The van der Waals surface area contributed by atoms with Crippen molar-refractivity contribution in [1.29, 1.82) is 0 Å². The van der Waals surface area contributed by atoms with Crippen LogP contribution in [0.1, 0.15) is 134 Å². The third kappa shape index (κ3) is 4.41. The van der Waals surface area contributed by atoms with Crippen LogP contribution >= 0.6 is 0 Å². The van der Waals surface area contributed by atoms with Crippen LogP contribution in [0.3, 0.4) is 0 Å². The molecule has 1 aromatic heterocycles. The fourth-order valence-electron chi connectivity index (χ4n) is 13.7. The molecule has 6 aromatic rings. The number of fused-ring (bicyclic) bond motifs is 9. The van der Waals surface area contributed by atoms with Crippen LogP contribution in [0.25, 0.3) is 27.5 Å². The highest BCUT2D eigenvalue weighted by Gasteiger charge is 2.55. The molecule has 2 nitrogen and oxygen atoms in total. The molecule has 4 bridgehead atoms. The quantitative estimate of drug-likeness (QED) is 0.164. The molecule has 2 atom stereocenters. The van der Waals surface area contributed by atoms with Crippen molar-refractivity contribution in [3.8, 4) is 5.69 Å². The van der Waals surface area contributed by atoms with Gasteiger partial charge in [0.2, 0.25) is 0 Å². The van der Waals surface area contributed by atoms with Crippen LogP contribution in [-0.2, 0) is 10.8 Å². The van der Waals surface area contributed by atoms with Crippen molar-refractivity contribution < 1.29 is 0 Å². The van der Waals surface area contributed by atoms with Gasteiger partial charge in [-0.15, -0.1) is 0 Å². The SMILES string of the molecule is Cc1cc2c3c(c1)-n1c4ccc(C(C)(C)C)cc4c4cc(C(C)(C)C)cc(c41)B3c1cc(C3CC4CC3(C)C4)ccc1N2c1ccc(C2CC3CC2(C)C3)cc1. The number of hydrogen-bond acceptors (Lipinski definition) is 1. The molecule has 2 aliphatic heterocycles. The van der Waals surface area contributed by atoms with Gasteiger partial charge in [-0.25, -0.2) is 0 Å². The van der Waals surface area contributed by atoms with E-state index >= 15 is 0 Å². The van der Waals surface area contributed by atoms with Crippen molar-refractivity contribution in [2.75, 3.05) is 4.90 Å². The van der Waals surface area contributed by atoms with Gasteiger partial charge in [0.1, 0.15) is 0 Å². The molecule has 3 heteroatoms. The number of hydrogen-bond donors (Lipinski definition) is 0. The van der Waals surface area contributed by atoms with Crippen LogP contribution in [0.15, 0.2) is 84.9 Å². The van der Waals surface area contributed by atoms with E-state index in [-0.39, 0.29) is 17.5 Å². The maximum absolute atomic E-state index is 2.70. The van der Waals surface area contributed by atoms with E-state index in [1.165, 1.54) is 116 Å². The van der Waals surface area contributed by atoms with Gasteiger partial charge in [-0.05, 0) is 184 Å². The first-order valence-corrected chi connectivity index (χ1v) is 21.9. The minimum absolute atomic E-state index is 0.0144. The van der Waals surface area contributed by atoms with E-state index in [1.54, 1.807) is 11.1 Å². The fraction of sp³-hybridized carbons (Fsp3) is 0.434. The molecule has 6 aliphatic carbocycles. The van der Waals surface area contributed by atoms with E-state index in [9.17, 15) is 0 Å². The monoisotopic (exact) mass is 732 g/mol. The van der Waals surface area contributed by atoms with E-state index in [0.717, 1.165) is 11.8 Å². The molecule has 6 saturated carbocycles. The highest BCUT2D eigenvalue weighted by Crippen LogP contribution is 2.67. The van der Waals surface area contributed by atoms with Crippen molar-refractivity contribution in [2.45, 2.75) is 124 Å². The van der Waals surface area contributed by atoms with Gasteiger partial charge in [-0.2, -0.15) is 0 Å². The van der Waals surface area contributed by atoms with Gasteiger partial charge in [-0.1, -0.05) is 91.8 Å². The second kappa shape index (κ2) is 10.6. The molecule has 0 amide bonds. The van der Waals surface area contributed by atoms with Gasteiger partial charge < -0.3 is 9.47 Å². The van der Waals surface area contributed by atoms with Crippen molar-refractivity contribution in [3.63, 3.8) is 0 Å². The van der Waals surface area contributed by atoms with Crippen LogP contribution in [0.2, 0.25) is 0 Å². The summed E-state index contributed by atoms with van der Waals surface area (Å²) in [6.45, 7) is 21.8. The average molecular weight is 733 g/mol. The third-order valence-electron chi connectivity index (χ3n) is 16.4. The molecule has 6 fully saturated rings. The lowest BCUT2D eigenvalue weighted by atomic mass is 9.33. The number of benzene rings is 5. The van der Waals surface area contributed by atoms with Crippen LogP contribution in [0.5, 0.6) is 0 Å². The van der Waals surface area contributed by atoms with Gasteiger partial charge in [0.05, 0.1) is 5.52 Å². The molecule has 14 rings (SSSR count). The lowest BCUT2D eigenvalue weighted by Crippen LogP contribution is -2.60. The summed E-state index contributed by atoms with van der Waals surface area (Å²) in [4.78, 5) is 2.65. The Morgan fingerprint density at radius 2 is 1.20 bits per heavy atom. The van der Waals surface area contributed by atoms with E-state index in [4.69, 9.17) is 0 Å². The van der Waals surface area contributed by atoms with Gasteiger partial charge in [0.25, 0.3) is 6.71 Å². The predicted octanol–water partition coefficient (Wildman–Crippen LogP) is 12.1. The first-order valence-electron chi connectivity index (χ1n) is 21.9. The van der Waals surface area contributed by atoms with Crippen LogP contribution in [0, 0.1) is 29.6 Å². The maximum Gasteiger partial charge on any atom is 0.252 e. The lowest BCUT2D eigenvalue weighted by Gasteiger charge is -2.42. The molecule has 5 aromatic carbocycles. The topological polar surface area (TPSA) is 8.17 Å². The zero-order valence-electron chi connectivity index (χ0n) is 35.1. The molecule has 8 aliphatic rings. The second-order valence-electron chi connectivity index (χ2n) is 22.4. The molecule has 2 unspecified atom stereocenters. The summed E-state index contributed by atoms with van der Waals surface area (Å²) < 4.78 is 2.66. The van der Waals surface area contributed by atoms with Gasteiger partial charge in [0, 0.05) is 39.0 Å². The summed E-state index contributed by atoms with van der Waals surface area (Å²) >= 11 is 0. The molecular formula is C53H57BN2. The summed E-state index contributed by atoms with van der Waals surface area (Å²) in [5.41, 5.74) is 20.8. The maximum atomic E-state index is 2.70. The Morgan fingerprint density at radius 3 is 1.82 bits per heavy atom. The van der Waals surface area contributed by atoms with Crippen molar-refractivity contribution in [2.24, 2.45) is 22.7 Å². The second-order valence-corrected chi connectivity index (χ2v) is 22.4. The zero-order chi connectivity index (χ0) is 38.4. The Bertz CT molecular complexity index is 2680. The molecule has 282 valence electrons. The summed E-state index contributed by atoms with van der Waals surface area (Å²) in [6, 6.07) is 35.1. The number of rotatable bonds is 3. The minimum Gasteiger partial charge on any atom is -0.311 e. The van der Waals surface area contributed by atoms with Crippen molar-refractivity contribution in [3.05, 3.63) is 113 Å². The van der Waals surface area contributed by atoms with Crippen molar-refractivity contribution >= 4 is 62.0 Å². The zero-order valence-corrected chi connectivity index (χ0v) is 35.1. The first kappa shape index (κ1) is 33.9. The van der Waals surface area contributed by atoms with E-state index in [2.05, 4.69) is 157 Å². The fourth-order valence-corrected chi connectivity index (χ4v) is 13.7. The lowest BCUT2D eigenvalue weighted by molar-refractivity contribution is 0.156. The van der Waals surface area contributed by atoms with Crippen LogP contribution in [-0.4, -0.2) is 11.3 Å². The highest BCUT2D eigenvalue weighted by atomic mass is 15.2. The van der Waals surface area contributed by atoms with Crippen molar-refractivity contribution in [1.82, 2.24) is 4.57 Å². The standard InChI is InChI=1S/C53H57BN2/c1-30-18-46-48-47(19-30)56-44-17-13-35(50(2,3)4)23-38(44)39-24-36(51(5,6)7)25-43(49(39)56)54(48)42-22-34(41-21-32-28-53(41,9)29-32)12-16-45(42)55(46)37-14-10-33(11-15-37)40-20-31-26-52(40,8)27-31/h10-19,22-25,31-32,40-41H,20-21,26-29H2,1-9H3. The van der Waals surface area contributed by atoms with Gasteiger partial charge >= 0.3 is 0 Å². The average Bonchev–Trinajstić information content (AvgIpc) is 3.91. The number of aromatic nitrogens is 1. The van der Waals surface area contributed by atoms with Gasteiger partial charge in [-0.3, -0.25) is 0 Å². The molecule has 0 radical (unpaired) electrons. The van der Waals surface area contributed by atoms with Gasteiger partial charge in [0.15, 0.2) is 0 Å². The summed E-state index contributed by atoms with van der Waals surface area (Å²) in [5.74, 6) is 3.19. The van der Waals surface area contributed by atoms with E-state index < -0.39 is 0 Å². The predicted molar refractivity (Wildman–Crippen MR) is 239 cm³/mol. The first-order chi connectivity index (χ1) is 26.6. The molecule has 0 N–H and O–H groups in total. The molecule has 3 heterocycles. The smallest absolute Gasteiger partial charge is 0.252 e. The molecule has 56 heavy (non-hydrogen) atoms. The summed E-state index contributed by atoms with van der Waals surface area (Å²) in [7, 11) is 0. The Labute approximate surface area is 334 Å². The highest BCUT2D eigenvalue weighted by molar-refractivity contribution is 7.00. The number of anilines is 3. The minimum atomic E-state index is 0.0144. The van der Waals surface area contributed by atoms with Crippen LogP contribution in [0.4, 0.5) is 17.1 Å². The largest absolute Gasteiger partial charge is 0.311 e. The molecule has 0 spiro atoms.